The van der Waals surface area contributed by atoms with Crippen LogP contribution in [0.5, 0.6) is 0 Å². The number of hydrogen-bond acceptors (Lipinski definition) is 15. The second-order valence-corrected chi connectivity index (χ2v) is 73.9. The van der Waals surface area contributed by atoms with Gasteiger partial charge in [-0.2, -0.15) is 51.1 Å². The molecule has 5 aliphatic carbocycles. The Morgan fingerprint density at radius 3 is 1.09 bits per heavy atom. The molecule has 3 heterocycles. The molecule has 16 nitrogen and oxygen atoms in total. The molecule has 5 aromatic rings. The van der Waals surface area contributed by atoms with Crippen molar-refractivity contribution in [2.24, 2.45) is 88.8 Å². The summed E-state index contributed by atoms with van der Waals surface area (Å²) < 4.78 is 140. The Morgan fingerprint density at radius 2 is 0.814 bits per heavy atom. The first-order chi connectivity index (χ1) is 61.4. The molecule has 11 unspecified atom stereocenters. The van der Waals surface area contributed by atoms with E-state index >= 15 is 0 Å². The van der Waals surface area contributed by atoms with Gasteiger partial charge in [-0.05, 0) is 227 Å². The fourth-order valence-electron chi connectivity index (χ4n) is 18.0. The fourth-order valence-corrected chi connectivity index (χ4v) is 37.5. The van der Waals surface area contributed by atoms with Gasteiger partial charge in [0, 0.05) is 87.4 Å². The third kappa shape index (κ3) is 64.1. The maximum atomic E-state index is 11.6. The first-order valence-corrected chi connectivity index (χ1v) is 75.4. The second kappa shape index (κ2) is 79.3. The van der Waals surface area contributed by atoms with Crippen LogP contribution in [0.15, 0.2) is 123 Å². The number of ether oxygens (including phenoxy) is 2. The number of halogens is 6. The number of nitrogens with zero attached hydrogens (tertiary/aromatic N) is 1. The van der Waals surface area contributed by atoms with Crippen LogP contribution in [0.3, 0.4) is 0 Å². The molecule has 2 saturated heterocycles. The van der Waals surface area contributed by atoms with Gasteiger partial charge in [-0.1, -0.05) is 286 Å². The number of alkyl halides is 1. The number of rotatable bonds is 16. The molecular weight excluding hydrogens is 2200 g/mol. The maximum absolute atomic E-state index is 11.6. The van der Waals surface area contributed by atoms with Gasteiger partial charge < -0.3 is 57.3 Å². The molecular formula is C102H180Cl6Li2Mg2NO15P5PdS4Si2. The van der Waals surface area contributed by atoms with Gasteiger partial charge in [0.05, 0.1) is 72.0 Å². The summed E-state index contributed by atoms with van der Waals surface area (Å²) >= 11 is 28.2. The van der Waals surface area contributed by atoms with Crippen LogP contribution in [-0.4, -0.2) is 213 Å². The smallest absolute Gasteiger partial charge is 1.00 e. The normalized spacial score (nSPS) is 22.9. The average molecular weight is 2380 g/mol. The molecule has 7 aliphatic rings. The van der Waals surface area contributed by atoms with Crippen molar-refractivity contribution in [1.29, 1.82) is 0 Å². The average Bonchev–Trinajstić information content (AvgIpc) is 0.963. The SMILES string of the molecule is C1CCOC1.C1CCOC1.CC(C)[C@@H]1CC[C@@H](C)C[C@H]1O.CC1CCC(C(C)C)C(Cl)C1.CC1CCC(C(C)C)C(P(Cl)C2CC(C)CCC2C(C)C)C1.CC1C[CH-]C(C(C)C)CC1.C[PH+](C)c1cccc([Si](C)(C)C)c1S(=O)(=O)O.C[PH+](C)c1cccc([Si](C)(C)C)c1S(=O)(=O)[O-].C[PH+](C)c1ccccc1S(=O)(=O)[O-].Cc1cccc(C)n1.ClP(Cl)Cl.O=S(=O)([O-])c1[c-]cccc1.[CH3-].[Cl-].[H-].[H-].[Li+].[Li+].[Mg+2].[Mg+2].[Pd]. The Morgan fingerprint density at radius 1 is 0.471 bits per heavy atom. The van der Waals surface area contributed by atoms with Crippen molar-refractivity contribution >= 4 is 223 Å². The van der Waals surface area contributed by atoms with Crippen LogP contribution in [0.2, 0.25) is 39.3 Å². The summed E-state index contributed by atoms with van der Waals surface area (Å²) in [5.41, 5.74) is 3.81. The standard InChI is InChI=1S/C20H38ClP.2C11H19O3PSSi.C10H19Cl.C10H20O.C10H19.C8H11O3PS.C7H9N.C6H5O3S.2C4H8O.CH3.Cl3P.ClH.2Li.2Mg.Pd.2H/c1-13(2)17-9-7-15(5)11-19(17)22(21)20-12-16(6)8-10-18(20)14(3)4;2*1-15(2)9-7-6-8-10(17(3,4)5)11(9)16(12,13)14;2*1-7(2)9-5-4-8(3)6-10(9)11;1-8(2)10-6-4-9(3)5-7-10;1-12(2)7-5-3-4-6-8(7)13(9,10)11;1-6-4-3-5-7(2)8-6;7-10(8,9)6-4-2-1-3-5-6;2*1-2-4-5-3-1;;1-4(2)3;;;;;;;;/h13-20H,7-12H2,1-6H3;2*6-8H,1-5H3,(H,12,13,14);7-10H,4-6H2,1-3H3;7-11H,4-6H2,1-3H3;6,8-10H,4-5,7H2,1-3H3;3-6H,1-2H3,(H,9,10,11);3-5H,1-2H3;1-4H,(H,7,8,9);2*1-4H2;1H3;;1H;;;;;;;/q;;;;;-1;;;-1;;;-1;;;2*+1;2*+2;;2*-1/p-1/t;;;;8-,9+,10-;;;;;;;;;;;;;;;;/m....1................/s1. The first-order valence-electron chi connectivity index (χ1n) is 48.4. The van der Waals surface area contributed by atoms with Crippen molar-refractivity contribution in [3.8, 4) is 0 Å². The Bertz CT molecular complexity index is 4360. The number of pyridine rings is 1. The number of aryl methyl sites for hydroxylation is 2. The predicted octanol–water partition coefficient (Wildman–Crippen LogP) is 18.0. The van der Waals surface area contributed by atoms with Crippen LogP contribution in [0.1, 0.15) is 240 Å². The first kappa shape index (κ1) is 156. The molecule has 12 rings (SSSR count). The van der Waals surface area contributed by atoms with Crippen molar-refractivity contribution in [3.63, 3.8) is 0 Å². The Kier molecular flexibility index (Phi) is 88.4. The predicted molar refractivity (Wildman–Crippen MR) is 609 cm³/mol. The third-order valence-corrected chi connectivity index (χ3v) is 43.3. The molecule has 0 radical (unpaired) electrons. The van der Waals surface area contributed by atoms with Crippen LogP contribution >= 0.6 is 93.6 Å². The van der Waals surface area contributed by atoms with Gasteiger partial charge in [0.25, 0.3) is 10.1 Å². The molecule has 0 amide bonds. The molecule has 798 valence electrons. The van der Waals surface area contributed by atoms with Crippen LogP contribution in [0, 0.1) is 123 Å². The Balaban J connectivity index is -0.000000197. The quantitative estimate of drug-likeness (QED) is 0.0305. The van der Waals surface area contributed by atoms with E-state index in [1.165, 1.54) is 140 Å². The van der Waals surface area contributed by atoms with E-state index in [1.807, 2.05) is 96.3 Å². The maximum Gasteiger partial charge on any atom is 2.00 e. The van der Waals surface area contributed by atoms with E-state index in [0.29, 0.717) is 22.5 Å². The van der Waals surface area contributed by atoms with Crippen molar-refractivity contribution in [2.75, 3.05) is 66.4 Å². The van der Waals surface area contributed by atoms with Gasteiger partial charge in [-0.3, -0.25) is 9.54 Å². The number of aromatic nitrogens is 1. The number of aliphatic hydroxyl groups excluding tert-OH is 1. The molecule has 4 aromatic carbocycles. The van der Waals surface area contributed by atoms with E-state index < -0.39 is 86.4 Å². The van der Waals surface area contributed by atoms with Gasteiger partial charge in [0.1, 0.15) is 51.2 Å². The number of aliphatic hydroxyl groups is 1. The van der Waals surface area contributed by atoms with Crippen molar-refractivity contribution < 1.29 is 140 Å². The fraction of sp³-hybridized carbons (Fsp3) is 0.696. The summed E-state index contributed by atoms with van der Waals surface area (Å²) in [7, 11) is -23.9. The second-order valence-electron chi connectivity index (χ2n) is 42.1. The molecule has 7 fully saturated rings. The minimum Gasteiger partial charge on any atom is -1.00 e. The van der Waals surface area contributed by atoms with Gasteiger partial charge >= 0.3 is 83.8 Å². The number of hydrogen-bond donors (Lipinski definition) is 2. The van der Waals surface area contributed by atoms with Gasteiger partial charge in [-0.15, -0.1) is 11.6 Å². The largest absolute Gasteiger partial charge is 2.00 e. The zero-order valence-corrected chi connectivity index (χ0v) is 110. The summed E-state index contributed by atoms with van der Waals surface area (Å²) in [5, 5.41) is 14.0. The van der Waals surface area contributed by atoms with Crippen molar-refractivity contribution in [2.45, 2.75) is 321 Å². The Labute approximate surface area is 967 Å². The summed E-state index contributed by atoms with van der Waals surface area (Å²) in [6.45, 7) is 67.5. The summed E-state index contributed by atoms with van der Waals surface area (Å²) in [6, 6.07) is 31.4. The van der Waals surface area contributed by atoms with Gasteiger partial charge in [0.15, 0.2) is 5.98 Å². The van der Waals surface area contributed by atoms with Crippen LogP contribution in [-0.2, 0) is 70.4 Å². The van der Waals surface area contributed by atoms with Gasteiger partial charge in [0.2, 0.25) is 0 Å². The van der Waals surface area contributed by atoms with Gasteiger partial charge in [-0.25, -0.2) is 25.3 Å². The van der Waals surface area contributed by atoms with Crippen LogP contribution in [0.25, 0.3) is 0 Å². The molecule has 140 heavy (non-hydrogen) atoms. The summed E-state index contributed by atoms with van der Waals surface area (Å²) in [5.74, 6) is 11.0. The minimum absolute atomic E-state index is 0. The topological polar surface area (TPSA) is 278 Å². The van der Waals surface area contributed by atoms with E-state index in [4.69, 9.17) is 66.0 Å². The minimum atomic E-state index is -4.38. The van der Waals surface area contributed by atoms with Crippen molar-refractivity contribution in [1.82, 2.24) is 4.98 Å². The van der Waals surface area contributed by atoms with Crippen LogP contribution in [0.4, 0.5) is 0 Å². The molecule has 1 aromatic heterocycles. The molecule has 14 atom stereocenters. The molecule has 0 spiro atoms. The molecule has 38 heteroatoms. The molecule has 0 bridgehead atoms. The van der Waals surface area contributed by atoms with E-state index in [2.05, 4.69) is 161 Å². The van der Waals surface area contributed by atoms with E-state index in [0.717, 1.165) is 153 Å². The molecule has 5 saturated carbocycles. The molecule has 2 N–H and O–H groups in total. The Hall–Kier alpha value is 3.26. The summed E-state index contributed by atoms with van der Waals surface area (Å²) in [4.78, 5) is 4.05. The third-order valence-electron chi connectivity index (χ3n) is 25.8. The van der Waals surface area contributed by atoms with E-state index in [-0.39, 0.29) is 160 Å². The zero-order chi connectivity index (χ0) is 102. The molecule has 2 aliphatic heterocycles. The zero-order valence-electron chi connectivity index (χ0n) is 93.3. The van der Waals surface area contributed by atoms with Crippen LogP contribution < -0.4 is 76.4 Å². The van der Waals surface area contributed by atoms with E-state index in [9.17, 15) is 57.0 Å². The number of benzene rings is 4. The van der Waals surface area contributed by atoms with Crippen molar-refractivity contribution in [3.05, 3.63) is 134 Å². The monoisotopic (exact) mass is 2380 g/mol. The summed E-state index contributed by atoms with van der Waals surface area (Å²) in [6.07, 6.45) is 27.8. The van der Waals surface area contributed by atoms with E-state index in [1.54, 1.807) is 36.4 Å².